The molecule has 0 radical (unpaired) electrons. The summed E-state index contributed by atoms with van der Waals surface area (Å²) in [6.45, 7) is 5.43. The molecule has 1 aliphatic heterocycles. The zero-order valence-corrected chi connectivity index (χ0v) is 14.3. The summed E-state index contributed by atoms with van der Waals surface area (Å²) in [6, 6.07) is 2.85. The Balaban J connectivity index is 1.93. The molecule has 0 aromatic carbocycles. The number of ether oxygens (including phenoxy) is 1. The van der Waals surface area contributed by atoms with Crippen molar-refractivity contribution in [2.45, 2.75) is 19.9 Å². The van der Waals surface area contributed by atoms with Gasteiger partial charge in [0.1, 0.15) is 11.8 Å². The predicted octanol–water partition coefficient (Wildman–Crippen LogP) is 1.43. The van der Waals surface area contributed by atoms with Crippen LogP contribution in [0.2, 0.25) is 0 Å². The standard InChI is InChI=1S/C15H24N2O5S/c1-12(2)10-21-11-13(14-4-3-7-22-14)16-15(18)17-5-8-23(19,20)9-6-17/h3-4,7,12-13H,5-6,8-11H2,1-2H3,(H,16,18)/t13-/m1/s1. The van der Waals surface area contributed by atoms with Crippen LogP contribution in [-0.4, -0.2) is 57.2 Å². The second kappa shape index (κ2) is 7.83. The van der Waals surface area contributed by atoms with Gasteiger partial charge in [0.15, 0.2) is 9.84 Å². The molecule has 0 spiro atoms. The first kappa shape index (κ1) is 17.8. The summed E-state index contributed by atoms with van der Waals surface area (Å²) in [5.74, 6) is 1.03. The molecule has 0 unspecified atom stereocenters. The number of carbonyl (C=O) groups excluding carboxylic acids is 1. The molecule has 2 rings (SSSR count). The predicted molar refractivity (Wildman–Crippen MR) is 85.9 cm³/mol. The lowest BCUT2D eigenvalue weighted by atomic mass is 10.2. The number of sulfone groups is 1. The highest BCUT2D eigenvalue weighted by Crippen LogP contribution is 2.15. The van der Waals surface area contributed by atoms with E-state index in [-0.39, 0.29) is 30.6 Å². The average molecular weight is 344 g/mol. The SMILES string of the molecule is CC(C)COC[C@@H](NC(=O)N1CCS(=O)(=O)CC1)c1ccco1. The first-order chi connectivity index (χ1) is 10.9. The van der Waals surface area contributed by atoms with Crippen LogP contribution >= 0.6 is 0 Å². The maximum Gasteiger partial charge on any atom is 0.318 e. The Morgan fingerprint density at radius 2 is 2.04 bits per heavy atom. The minimum Gasteiger partial charge on any atom is -0.467 e. The van der Waals surface area contributed by atoms with Crippen molar-refractivity contribution in [1.82, 2.24) is 10.2 Å². The lowest BCUT2D eigenvalue weighted by molar-refractivity contribution is 0.0847. The van der Waals surface area contributed by atoms with Crippen LogP contribution in [0.1, 0.15) is 25.6 Å². The Morgan fingerprint density at radius 3 is 2.61 bits per heavy atom. The van der Waals surface area contributed by atoms with E-state index < -0.39 is 15.9 Å². The molecule has 2 heterocycles. The number of amides is 2. The molecule has 1 fully saturated rings. The van der Waals surface area contributed by atoms with Gasteiger partial charge in [0.05, 0.1) is 24.4 Å². The van der Waals surface area contributed by atoms with E-state index in [2.05, 4.69) is 19.2 Å². The third kappa shape index (κ3) is 5.54. The topological polar surface area (TPSA) is 88.9 Å². The van der Waals surface area contributed by atoms with E-state index in [1.165, 1.54) is 4.90 Å². The summed E-state index contributed by atoms with van der Waals surface area (Å²) in [5, 5.41) is 2.86. The zero-order valence-electron chi connectivity index (χ0n) is 13.5. The number of furan rings is 1. The van der Waals surface area contributed by atoms with Crippen molar-refractivity contribution in [1.29, 1.82) is 0 Å². The largest absolute Gasteiger partial charge is 0.467 e. The van der Waals surface area contributed by atoms with Crippen molar-refractivity contribution in [3.8, 4) is 0 Å². The fraction of sp³-hybridized carbons (Fsp3) is 0.667. The van der Waals surface area contributed by atoms with Crippen LogP contribution in [0, 0.1) is 5.92 Å². The Morgan fingerprint density at radius 1 is 1.35 bits per heavy atom. The summed E-state index contributed by atoms with van der Waals surface area (Å²) >= 11 is 0. The summed E-state index contributed by atoms with van der Waals surface area (Å²) in [7, 11) is -3.01. The van der Waals surface area contributed by atoms with Gasteiger partial charge in [0.25, 0.3) is 0 Å². The maximum absolute atomic E-state index is 12.3. The molecule has 23 heavy (non-hydrogen) atoms. The number of carbonyl (C=O) groups is 1. The first-order valence-corrected chi connectivity index (χ1v) is 9.56. The van der Waals surface area contributed by atoms with Crippen LogP contribution < -0.4 is 5.32 Å². The molecule has 0 saturated carbocycles. The van der Waals surface area contributed by atoms with Crippen molar-refractivity contribution in [3.63, 3.8) is 0 Å². The number of nitrogens with zero attached hydrogens (tertiary/aromatic N) is 1. The molecule has 1 N–H and O–H groups in total. The van der Waals surface area contributed by atoms with Crippen LogP contribution in [0.3, 0.4) is 0 Å². The Labute approximate surface area is 136 Å². The number of hydrogen-bond acceptors (Lipinski definition) is 5. The Bertz CT molecular complexity index is 583. The molecule has 1 aliphatic rings. The molecular weight excluding hydrogens is 320 g/mol. The van der Waals surface area contributed by atoms with E-state index in [0.29, 0.717) is 24.9 Å². The maximum atomic E-state index is 12.3. The fourth-order valence-electron chi connectivity index (χ4n) is 2.26. The van der Waals surface area contributed by atoms with Gasteiger partial charge in [-0.05, 0) is 18.1 Å². The number of hydrogen-bond donors (Lipinski definition) is 1. The summed E-state index contributed by atoms with van der Waals surface area (Å²) in [4.78, 5) is 13.8. The van der Waals surface area contributed by atoms with Gasteiger partial charge >= 0.3 is 6.03 Å². The minimum absolute atomic E-state index is 0.00961. The highest BCUT2D eigenvalue weighted by atomic mass is 32.2. The van der Waals surface area contributed by atoms with E-state index in [1.807, 2.05) is 0 Å². The molecule has 2 amide bonds. The van der Waals surface area contributed by atoms with Gasteiger partial charge in [-0.25, -0.2) is 13.2 Å². The van der Waals surface area contributed by atoms with Gasteiger partial charge in [0, 0.05) is 19.7 Å². The van der Waals surface area contributed by atoms with Gasteiger partial charge in [0.2, 0.25) is 0 Å². The number of rotatable bonds is 6. The molecule has 130 valence electrons. The highest BCUT2D eigenvalue weighted by molar-refractivity contribution is 7.91. The van der Waals surface area contributed by atoms with E-state index in [0.717, 1.165) is 0 Å². The molecular formula is C15H24N2O5S. The van der Waals surface area contributed by atoms with Crippen molar-refractivity contribution in [3.05, 3.63) is 24.2 Å². The smallest absolute Gasteiger partial charge is 0.318 e. The van der Waals surface area contributed by atoms with Crippen LogP contribution in [0.15, 0.2) is 22.8 Å². The molecule has 0 aliphatic carbocycles. The number of urea groups is 1. The van der Waals surface area contributed by atoms with Crippen LogP contribution in [0.25, 0.3) is 0 Å². The van der Waals surface area contributed by atoms with Gasteiger partial charge in [-0.1, -0.05) is 13.8 Å². The normalized spacial score (nSPS) is 18.8. The molecule has 1 atom stereocenters. The summed E-state index contributed by atoms with van der Waals surface area (Å²) in [5.41, 5.74) is 0. The molecule has 1 aromatic rings. The van der Waals surface area contributed by atoms with Crippen LogP contribution in [0.4, 0.5) is 4.79 Å². The van der Waals surface area contributed by atoms with E-state index in [1.54, 1.807) is 18.4 Å². The third-order valence-electron chi connectivity index (χ3n) is 3.55. The van der Waals surface area contributed by atoms with Crippen molar-refractivity contribution in [2.75, 3.05) is 37.8 Å². The highest BCUT2D eigenvalue weighted by Gasteiger charge is 2.27. The first-order valence-electron chi connectivity index (χ1n) is 7.74. The van der Waals surface area contributed by atoms with Crippen molar-refractivity contribution in [2.24, 2.45) is 5.92 Å². The second-order valence-corrected chi connectivity index (χ2v) is 8.39. The van der Waals surface area contributed by atoms with Crippen LogP contribution in [-0.2, 0) is 14.6 Å². The third-order valence-corrected chi connectivity index (χ3v) is 5.16. The summed E-state index contributed by atoms with van der Waals surface area (Å²) < 4.78 is 33.9. The lowest BCUT2D eigenvalue weighted by Gasteiger charge is -2.28. The van der Waals surface area contributed by atoms with Crippen molar-refractivity contribution >= 4 is 15.9 Å². The molecule has 1 saturated heterocycles. The van der Waals surface area contributed by atoms with Crippen molar-refractivity contribution < 1.29 is 22.4 Å². The van der Waals surface area contributed by atoms with Gasteiger partial charge in [-0.2, -0.15) is 0 Å². The van der Waals surface area contributed by atoms with Crippen LogP contribution in [0.5, 0.6) is 0 Å². The van der Waals surface area contributed by atoms with E-state index >= 15 is 0 Å². The monoisotopic (exact) mass is 344 g/mol. The quantitative estimate of drug-likeness (QED) is 0.843. The molecule has 7 nitrogen and oxygen atoms in total. The molecule has 0 bridgehead atoms. The van der Waals surface area contributed by atoms with Gasteiger partial charge in [-0.15, -0.1) is 0 Å². The molecule has 1 aromatic heterocycles. The molecule has 8 heteroatoms. The van der Waals surface area contributed by atoms with Gasteiger partial charge in [-0.3, -0.25) is 0 Å². The second-order valence-electron chi connectivity index (χ2n) is 6.09. The fourth-order valence-corrected chi connectivity index (χ4v) is 3.46. The van der Waals surface area contributed by atoms with Gasteiger partial charge < -0.3 is 19.4 Å². The lowest BCUT2D eigenvalue weighted by Crippen LogP contribution is -2.49. The minimum atomic E-state index is -3.01. The Kier molecular flexibility index (Phi) is 6.06. The van der Waals surface area contributed by atoms with E-state index in [9.17, 15) is 13.2 Å². The Hall–Kier alpha value is -1.54. The average Bonchev–Trinajstić information content (AvgIpc) is 2.99. The van der Waals surface area contributed by atoms with E-state index in [4.69, 9.17) is 9.15 Å². The number of nitrogens with one attached hydrogen (secondary N) is 1. The zero-order chi connectivity index (χ0) is 16.9. The summed E-state index contributed by atoms with van der Waals surface area (Å²) in [6.07, 6.45) is 1.55.